The van der Waals surface area contributed by atoms with Crippen LogP contribution >= 0.6 is 0 Å². The molecule has 0 aliphatic rings. The molecule has 0 saturated carbocycles. The van der Waals surface area contributed by atoms with Gasteiger partial charge in [-0.05, 0) is 25.5 Å². The van der Waals surface area contributed by atoms with Crippen LogP contribution in [0.3, 0.4) is 0 Å². The van der Waals surface area contributed by atoms with E-state index in [2.05, 4.69) is 20.6 Å². The highest BCUT2D eigenvalue weighted by atomic mass is 19.1. The first-order valence-electron chi connectivity index (χ1n) is 8.69. The minimum atomic E-state index is -0.323. The number of rotatable bonds is 7. The zero-order valence-electron chi connectivity index (χ0n) is 14.9. The van der Waals surface area contributed by atoms with Crippen molar-refractivity contribution in [1.82, 2.24) is 19.7 Å². The molecule has 1 aromatic carbocycles. The van der Waals surface area contributed by atoms with Crippen LogP contribution in [0.1, 0.15) is 26.7 Å². The number of carbonyl (C=O) groups excluding carboxylic acids is 1. The van der Waals surface area contributed by atoms with Crippen molar-refractivity contribution in [3.8, 4) is 11.3 Å². The Morgan fingerprint density at radius 3 is 3.00 bits per heavy atom. The molecule has 2 N–H and O–H groups in total. The maximum Gasteiger partial charge on any atom is 0.221 e. The number of hydrogen-bond donors (Lipinski definition) is 2. The van der Waals surface area contributed by atoms with E-state index in [0.717, 1.165) is 6.42 Å². The maximum atomic E-state index is 13.6. The van der Waals surface area contributed by atoms with Crippen LogP contribution in [0.5, 0.6) is 0 Å². The van der Waals surface area contributed by atoms with Crippen molar-refractivity contribution in [3.05, 3.63) is 48.7 Å². The molecule has 0 radical (unpaired) electrons. The summed E-state index contributed by atoms with van der Waals surface area (Å²) < 4.78 is 15.5. The molecule has 1 amide bonds. The van der Waals surface area contributed by atoms with Crippen molar-refractivity contribution >= 4 is 17.4 Å². The molecule has 2 aromatic heterocycles. The van der Waals surface area contributed by atoms with Gasteiger partial charge in [0.1, 0.15) is 17.3 Å². The molecule has 0 spiro atoms. The van der Waals surface area contributed by atoms with Crippen LogP contribution in [0.15, 0.2) is 42.9 Å². The lowest BCUT2D eigenvalue weighted by Crippen LogP contribution is -2.33. The Balaban J connectivity index is 1.82. The fraction of sp³-hybridized carbons (Fsp3) is 0.316. The van der Waals surface area contributed by atoms with Gasteiger partial charge in [-0.15, -0.1) is 0 Å². The highest BCUT2D eigenvalue weighted by molar-refractivity contribution is 5.78. The third-order valence-electron chi connectivity index (χ3n) is 4.19. The van der Waals surface area contributed by atoms with Crippen molar-refractivity contribution in [3.63, 3.8) is 0 Å². The third-order valence-corrected chi connectivity index (χ3v) is 4.19. The van der Waals surface area contributed by atoms with E-state index in [4.69, 9.17) is 0 Å². The summed E-state index contributed by atoms with van der Waals surface area (Å²) in [6.45, 7) is 4.45. The molecule has 3 rings (SSSR count). The molecule has 0 aliphatic carbocycles. The van der Waals surface area contributed by atoms with Gasteiger partial charge in [0.2, 0.25) is 5.91 Å². The van der Waals surface area contributed by atoms with Crippen molar-refractivity contribution in [2.45, 2.75) is 32.7 Å². The first-order valence-corrected chi connectivity index (χ1v) is 8.69. The molecule has 6 nitrogen and oxygen atoms in total. The summed E-state index contributed by atoms with van der Waals surface area (Å²) in [5.74, 6) is 0.385. The molecule has 0 bridgehead atoms. The first-order chi connectivity index (χ1) is 12.6. The number of benzene rings is 1. The van der Waals surface area contributed by atoms with Gasteiger partial charge < -0.3 is 10.6 Å². The number of halogens is 1. The second kappa shape index (κ2) is 7.95. The van der Waals surface area contributed by atoms with E-state index in [9.17, 15) is 9.18 Å². The van der Waals surface area contributed by atoms with Crippen LogP contribution in [-0.4, -0.2) is 32.9 Å². The van der Waals surface area contributed by atoms with Gasteiger partial charge in [0.15, 0.2) is 5.65 Å². The zero-order valence-corrected chi connectivity index (χ0v) is 14.9. The van der Waals surface area contributed by atoms with Gasteiger partial charge in [0, 0.05) is 37.0 Å². The van der Waals surface area contributed by atoms with Crippen molar-refractivity contribution < 1.29 is 9.18 Å². The molecule has 26 heavy (non-hydrogen) atoms. The Bertz CT molecular complexity index is 908. The van der Waals surface area contributed by atoms with Crippen molar-refractivity contribution in [1.29, 1.82) is 0 Å². The molecule has 2 heterocycles. The highest BCUT2D eigenvalue weighted by Gasteiger charge is 2.15. The monoisotopic (exact) mass is 355 g/mol. The smallest absolute Gasteiger partial charge is 0.221 e. The van der Waals surface area contributed by atoms with E-state index in [-0.39, 0.29) is 17.8 Å². The third kappa shape index (κ3) is 3.99. The summed E-state index contributed by atoms with van der Waals surface area (Å²) >= 11 is 0. The molecular weight excluding hydrogens is 333 g/mol. The molecule has 3 aromatic rings. The van der Waals surface area contributed by atoms with E-state index in [0.29, 0.717) is 35.7 Å². The van der Waals surface area contributed by atoms with Gasteiger partial charge in [0.25, 0.3) is 0 Å². The van der Waals surface area contributed by atoms with Crippen LogP contribution in [0.4, 0.5) is 10.2 Å². The van der Waals surface area contributed by atoms with Crippen LogP contribution in [0.2, 0.25) is 0 Å². The summed E-state index contributed by atoms with van der Waals surface area (Å²) in [5, 5.41) is 6.21. The highest BCUT2D eigenvalue weighted by Crippen LogP contribution is 2.28. The van der Waals surface area contributed by atoms with Crippen molar-refractivity contribution in [2.24, 2.45) is 0 Å². The Kier molecular flexibility index (Phi) is 5.46. The Morgan fingerprint density at radius 2 is 2.23 bits per heavy atom. The Labute approximate surface area is 151 Å². The fourth-order valence-corrected chi connectivity index (χ4v) is 2.66. The van der Waals surface area contributed by atoms with Crippen LogP contribution < -0.4 is 10.6 Å². The summed E-state index contributed by atoms with van der Waals surface area (Å²) in [4.78, 5) is 20.6. The topological polar surface area (TPSA) is 71.3 Å². The SMILES string of the molecule is CC[C@H](C)NC(=O)CCNc1c(-c2cccc(F)c2)nc2cnccn12. The van der Waals surface area contributed by atoms with Gasteiger partial charge in [0.05, 0.1) is 6.20 Å². The number of fused-ring (bicyclic) bond motifs is 1. The quantitative estimate of drug-likeness (QED) is 0.682. The molecule has 136 valence electrons. The normalized spacial score (nSPS) is 12.1. The Hall–Kier alpha value is -2.96. The van der Waals surface area contributed by atoms with E-state index >= 15 is 0 Å². The number of nitrogens with zero attached hydrogens (tertiary/aromatic N) is 3. The van der Waals surface area contributed by atoms with Crippen LogP contribution in [-0.2, 0) is 4.79 Å². The minimum absolute atomic E-state index is 0.00496. The predicted octanol–water partition coefficient (Wildman–Crippen LogP) is 3.25. The lowest BCUT2D eigenvalue weighted by Gasteiger charge is -2.12. The zero-order chi connectivity index (χ0) is 18.5. The molecule has 7 heteroatoms. The number of imidazole rings is 1. The van der Waals surface area contributed by atoms with Gasteiger partial charge in [-0.2, -0.15) is 0 Å². The van der Waals surface area contributed by atoms with E-state index < -0.39 is 0 Å². The molecular formula is C19H22FN5O. The first kappa shape index (κ1) is 17.8. The van der Waals surface area contributed by atoms with Gasteiger partial charge in [-0.3, -0.25) is 14.2 Å². The average molecular weight is 355 g/mol. The number of anilines is 1. The van der Waals surface area contributed by atoms with Crippen LogP contribution in [0.25, 0.3) is 16.9 Å². The maximum absolute atomic E-state index is 13.6. The van der Waals surface area contributed by atoms with E-state index in [1.54, 1.807) is 30.7 Å². The second-order valence-electron chi connectivity index (χ2n) is 6.18. The molecule has 0 unspecified atom stereocenters. The standard InChI is InChI=1S/C19H22FN5O/c1-3-13(2)23-17(26)7-8-22-19-18(14-5-4-6-15(20)11-14)24-16-12-21-9-10-25(16)19/h4-6,9-13,22H,3,7-8H2,1-2H3,(H,23,26)/t13-/m0/s1. The predicted molar refractivity (Wildman–Crippen MR) is 99.4 cm³/mol. The number of amides is 1. The molecule has 0 saturated heterocycles. The second-order valence-corrected chi connectivity index (χ2v) is 6.18. The molecule has 1 atom stereocenters. The minimum Gasteiger partial charge on any atom is -0.369 e. The average Bonchev–Trinajstić information content (AvgIpc) is 3.00. The fourth-order valence-electron chi connectivity index (χ4n) is 2.66. The van der Waals surface area contributed by atoms with E-state index in [1.807, 2.05) is 18.2 Å². The summed E-state index contributed by atoms with van der Waals surface area (Å²) in [6.07, 6.45) is 6.32. The van der Waals surface area contributed by atoms with Crippen LogP contribution in [0, 0.1) is 5.82 Å². The lowest BCUT2D eigenvalue weighted by atomic mass is 10.1. The molecule has 0 fully saturated rings. The van der Waals surface area contributed by atoms with Crippen molar-refractivity contribution in [2.75, 3.05) is 11.9 Å². The summed E-state index contributed by atoms with van der Waals surface area (Å²) in [7, 11) is 0. The van der Waals surface area contributed by atoms with E-state index in [1.165, 1.54) is 12.1 Å². The van der Waals surface area contributed by atoms with Gasteiger partial charge >= 0.3 is 0 Å². The van der Waals surface area contributed by atoms with Gasteiger partial charge in [-0.1, -0.05) is 19.1 Å². The summed E-state index contributed by atoms with van der Waals surface area (Å²) in [5.41, 5.74) is 1.94. The van der Waals surface area contributed by atoms with Gasteiger partial charge in [-0.25, -0.2) is 9.37 Å². The Morgan fingerprint density at radius 1 is 1.38 bits per heavy atom. The molecule has 0 aliphatic heterocycles. The number of nitrogens with one attached hydrogen (secondary N) is 2. The number of aromatic nitrogens is 3. The number of hydrogen-bond acceptors (Lipinski definition) is 4. The largest absolute Gasteiger partial charge is 0.369 e. The lowest BCUT2D eigenvalue weighted by molar-refractivity contribution is -0.121. The number of carbonyl (C=O) groups is 1. The summed E-state index contributed by atoms with van der Waals surface area (Å²) in [6, 6.07) is 6.45.